The molecule has 2 N–H and O–H groups in total. The first-order valence-corrected chi connectivity index (χ1v) is 5.35. The number of amides is 2. The molecule has 4 heteroatoms. The van der Waals surface area contributed by atoms with Crippen LogP contribution in [0, 0.1) is 13.8 Å². The van der Waals surface area contributed by atoms with Crippen LogP contribution in [-0.2, 0) is 0 Å². The van der Waals surface area contributed by atoms with E-state index < -0.39 is 0 Å². The van der Waals surface area contributed by atoms with E-state index in [4.69, 9.17) is 4.74 Å². The smallest absolute Gasteiger partial charge is 0.317 e. The standard InChI is InChI=1S/C12H18N2O2/c1-4-13-12(15)14-8-16-11-6-5-9(2)7-10(11)3/h5-7H,4,8H2,1-3H3,(H2,13,14,15). The minimum absolute atomic E-state index is 0.176. The van der Waals surface area contributed by atoms with Crippen molar-refractivity contribution in [2.75, 3.05) is 13.3 Å². The van der Waals surface area contributed by atoms with Crippen molar-refractivity contribution >= 4 is 6.03 Å². The Morgan fingerprint density at radius 2 is 2.06 bits per heavy atom. The Balaban J connectivity index is 2.40. The lowest BCUT2D eigenvalue weighted by Crippen LogP contribution is -2.37. The fourth-order valence-corrected chi connectivity index (χ4v) is 1.36. The van der Waals surface area contributed by atoms with Crippen molar-refractivity contribution in [2.24, 2.45) is 0 Å². The third-order valence-electron chi connectivity index (χ3n) is 2.13. The Bertz CT molecular complexity index is 364. The van der Waals surface area contributed by atoms with Crippen LogP contribution in [0.5, 0.6) is 5.75 Å². The molecule has 0 aliphatic rings. The van der Waals surface area contributed by atoms with Gasteiger partial charge in [0.05, 0.1) is 0 Å². The van der Waals surface area contributed by atoms with Gasteiger partial charge in [-0.3, -0.25) is 0 Å². The molecule has 0 spiro atoms. The molecule has 1 aromatic rings. The fraction of sp³-hybridized carbons (Fsp3) is 0.417. The van der Waals surface area contributed by atoms with Crippen LogP contribution in [0.1, 0.15) is 18.1 Å². The summed E-state index contributed by atoms with van der Waals surface area (Å²) in [5, 5.41) is 5.23. The number of urea groups is 1. The second-order valence-corrected chi connectivity index (χ2v) is 3.59. The van der Waals surface area contributed by atoms with Gasteiger partial charge in [0.1, 0.15) is 5.75 Å². The molecular weight excluding hydrogens is 204 g/mol. The molecule has 0 atom stereocenters. The highest BCUT2D eigenvalue weighted by atomic mass is 16.5. The van der Waals surface area contributed by atoms with E-state index in [1.54, 1.807) is 0 Å². The van der Waals surface area contributed by atoms with Crippen LogP contribution in [0.2, 0.25) is 0 Å². The normalized spacial score (nSPS) is 9.69. The lowest BCUT2D eigenvalue weighted by molar-refractivity contribution is 0.224. The Hall–Kier alpha value is -1.71. The summed E-state index contributed by atoms with van der Waals surface area (Å²) in [6.45, 7) is 6.66. The summed E-state index contributed by atoms with van der Waals surface area (Å²) in [5.74, 6) is 0.794. The molecule has 88 valence electrons. The largest absolute Gasteiger partial charge is 0.473 e. The van der Waals surface area contributed by atoms with Gasteiger partial charge in [0.15, 0.2) is 6.73 Å². The molecule has 2 amide bonds. The molecule has 4 nitrogen and oxygen atoms in total. The predicted molar refractivity (Wildman–Crippen MR) is 63.6 cm³/mol. The molecule has 0 aromatic heterocycles. The number of carbonyl (C=O) groups is 1. The minimum atomic E-state index is -0.215. The number of aryl methyl sites for hydroxylation is 2. The maximum absolute atomic E-state index is 11.1. The first kappa shape index (κ1) is 12.4. The molecule has 0 saturated carbocycles. The van der Waals surface area contributed by atoms with Gasteiger partial charge in [-0.2, -0.15) is 0 Å². The Kier molecular flexibility index (Phi) is 4.64. The number of ether oxygens (including phenoxy) is 1. The molecule has 0 radical (unpaired) electrons. The van der Waals surface area contributed by atoms with Crippen molar-refractivity contribution in [3.8, 4) is 5.75 Å². The lowest BCUT2D eigenvalue weighted by atomic mass is 10.1. The average molecular weight is 222 g/mol. The molecule has 0 heterocycles. The molecule has 0 aliphatic heterocycles. The van der Waals surface area contributed by atoms with Crippen molar-refractivity contribution in [2.45, 2.75) is 20.8 Å². The van der Waals surface area contributed by atoms with E-state index in [0.717, 1.165) is 11.3 Å². The fourth-order valence-electron chi connectivity index (χ4n) is 1.36. The van der Waals surface area contributed by atoms with E-state index in [0.29, 0.717) is 6.54 Å². The van der Waals surface area contributed by atoms with Gasteiger partial charge in [0.2, 0.25) is 0 Å². The summed E-state index contributed by atoms with van der Waals surface area (Å²) in [6.07, 6.45) is 0. The van der Waals surface area contributed by atoms with Crippen LogP contribution in [0.4, 0.5) is 4.79 Å². The van der Waals surface area contributed by atoms with Crippen LogP contribution in [0.3, 0.4) is 0 Å². The zero-order chi connectivity index (χ0) is 12.0. The van der Waals surface area contributed by atoms with Gasteiger partial charge in [0.25, 0.3) is 0 Å². The zero-order valence-corrected chi connectivity index (χ0v) is 9.96. The molecule has 0 unspecified atom stereocenters. The monoisotopic (exact) mass is 222 g/mol. The second kappa shape index (κ2) is 6.00. The molecule has 0 aliphatic carbocycles. The summed E-state index contributed by atoms with van der Waals surface area (Å²) in [7, 11) is 0. The van der Waals surface area contributed by atoms with Crippen molar-refractivity contribution in [1.29, 1.82) is 0 Å². The first-order chi connectivity index (χ1) is 7.63. The van der Waals surface area contributed by atoms with E-state index in [1.807, 2.05) is 39.0 Å². The van der Waals surface area contributed by atoms with E-state index in [9.17, 15) is 4.79 Å². The topological polar surface area (TPSA) is 50.4 Å². The van der Waals surface area contributed by atoms with E-state index in [-0.39, 0.29) is 12.8 Å². The predicted octanol–water partition coefficient (Wildman–Crippen LogP) is 1.96. The first-order valence-electron chi connectivity index (χ1n) is 5.35. The van der Waals surface area contributed by atoms with Gasteiger partial charge in [-0.25, -0.2) is 4.79 Å². The van der Waals surface area contributed by atoms with Crippen molar-refractivity contribution < 1.29 is 9.53 Å². The van der Waals surface area contributed by atoms with Crippen molar-refractivity contribution in [3.63, 3.8) is 0 Å². The minimum Gasteiger partial charge on any atom is -0.473 e. The third kappa shape index (κ3) is 3.81. The van der Waals surface area contributed by atoms with Crippen molar-refractivity contribution in [1.82, 2.24) is 10.6 Å². The third-order valence-corrected chi connectivity index (χ3v) is 2.13. The highest BCUT2D eigenvalue weighted by molar-refractivity contribution is 5.73. The Morgan fingerprint density at radius 3 is 2.69 bits per heavy atom. The number of hydrogen-bond acceptors (Lipinski definition) is 2. The number of nitrogens with one attached hydrogen (secondary N) is 2. The van der Waals surface area contributed by atoms with Crippen LogP contribution < -0.4 is 15.4 Å². The SMILES string of the molecule is CCNC(=O)NCOc1ccc(C)cc1C. The van der Waals surface area contributed by atoms with Crippen LogP contribution >= 0.6 is 0 Å². The van der Waals surface area contributed by atoms with Crippen LogP contribution in [-0.4, -0.2) is 19.3 Å². The number of carbonyl (C=O) groups excluding carboxylic acids is 1. The lowest BCUT2D eigenvalue weighted by Gasteiger charge is -2.10. The maximum Gasteiger partial charge on any atom is 0.317 e. The molecule has 16 heavy (non-hydrogen) atoms. The quantitative estimate of drug-likeness (QED) is 0.765. The van der Waals surface area contributed by atoms with Gasteiger partial charge < -0.3 is 15.4 Å². The summed E-state index contributed by atoms with van der Waals surface area (Å²) >= 11 is 0. The summed E-state index contributed by atoms with van der Waals surface area (Å²) in [6, 6.07) is 5.72. The summed E-state index contributed by atoms with van der Waals surface area (Å²) in [4.78, 5) is 11.1. The van der Waals surface area contributed by atoms with Crippen LogP contribution in [0.25, 0.3) is 0 Å². The van der Waals surface area contributed by atoms with Gasteiger partial charge in [0, 0.05) is 6.54 Å². The number of benzene rings is 1. The second-order valence-electron chi connectivity index (χ2n) is 3.59. The zero-order valence-electron chi connectivity index (χ0n) is 9.96. The molecule has 0 bridgehead atoms. The molecule has 0 fully saturated rings. The molecular formula is C12H18N2O2. The van der Waals surface area contributed by atoms with Crippen molar-refractivity contribution in [3.05, 3.63) is 29.3 Å². The Morgan fingerprint density at radius 1 is 1.31 bits per heavy atom. The average Bonchev–Trinajstić information content (AvgIpc) is 2.22. The summed E-state index contributed by atoms with van der Waals surface area (Å²) < 4.78 is 5.44. The molecule has 0 saturated heterocycles. The van der Waals surface area contributed by atoms with Gasteiger partial charge in [-0.1, -0.05) is 17.7 Å². The highest BCUT2D eigenvalue weighted by Crippen LogP contribution is 2.17. The Labute approximate surface area is 96.0 Å². The summed E-state index contributed by atoms with van der Waals surface area (Å²) in [5.41, 5.74) is 2.26. The highest BCUT2D eigenvalue weighted by Gasteiger charge is 2.00. The molecule has 1 aromatic carbocycles. The van der Waals surface area contributed by atoms with E-state index in [2.05, 4.69) is 10.6 Å². The van der Waals surface area contributed by atoms with Gasteiger partial charge in [-0.15, -0.1) is 0 Å². The van der Waals surface area contributed by atoms with Gasteiger partial charge in [-0.05, 0) is 32.4 Å². The maximum atomic E-state index is 11.1. The van der Waals surface area contributed by atoms with Gasteiger partial charge >= 0.3 is 6.03 Å². The van der Waals surface area contributed by atoms with Crippen LogP contribution in [0.15, 0.2) is 18.2 Å². The molecule has 1 rings (SSSR count). The number of rotatable bonds is 4. The van der Waals surface area contributed by atoms with E-state index >= 15 is 0 Å². The van der Waals surface area contributed by atoms with E-state index in [1.165, 1.54) is 5.56 Å². The number of hydrogen-bond donors (Lipinski definition) is 2.